The van der Waals surface area contributed by atoms with Gasteiger partial charge in [-0.15, -0.1) is 11.3 Å². The van der Waals surface area contributed by atoms with Crippen LogP contribution < -0.4 is 5.73 Å². The molecule has 0 aromatic carbocycles. The predicted octanol–water partition coefficient (Wildman–Crippen LogP) is 2.99. The number of nitrogen functional groups attached to an aromatic ring is 1. The molecule has 0 radical (unpaired) electrons. The van der Waals surface area contributed by atoms with Gasteiger partial charge in [0, 0.05) is 22.7 Å². The van der Waals surface area contributed by atoms with Crippen LogP contribution in [0.5, 0.6) is 0 Å². The highest BCUT2D eigenvalue weighted by Gasteiger charge is 2.11. The number of halogens is 1. The summed E-state index contributed by atoms with van der Waals surface area (Å²) < 4.78 is 0. The van der Waals surface area contributed by atoms with E-state index in [0.29, 0.717) is 11.0 Å². The molecule has 3 aromatic rings. The van der Waals surface area contributed by atoms with Gasteiger partial charge in [0.05, 0.1) is 5.39 Å². The zero-order chi connectivity index (χ0) is 11.8. The highest BCUT2D eigenvalue weighted by molar-refractivity contribution is 7.17. The van der Waals surface area contributed by atoms with Crippen molar-refractivity contribution in [3.63, 3.8) is 0 Å². The molecule has 0 saturated carbocycles. The van der Waals surface area contributed by atoms with Crippen LogP contribution in [-0.4, -0.2) is 15.0 Å². The first-order valence-corrected chi connectivity index (χ1v) is 6.11. The molecule has 4 nitrogen and oxygen atoms in total. The van der Waals surface area contributed by atoms with Crippen molar-refractivity contribution in [2.45, 2.75) is 0 Å². The molecule has 0 aliphatic heterocycles. The molecule has 3 heterocycles. The third-order valence-corrected chi connectivity index (χ3v) is 3.55. The average Bonchev–Trinajstić information content (AvgIpc) is 2.75. The molecule has 17 heavy (non-hydrogen) atoms. The summed E-state index contributed by atoms with van der Waals surface area (Å²) in [6, 6.07) is 3.66. The van der Waals surface area contributed by atoms with Gasteiger partial charge in [-0.05, 0) is 12.1 Å². The molecule has 2 N–H and O–H groups in total. The third-order valence-electron chi connectivity index (χ3n) is 2.44. The van der Waals surface area contributed by atoms with E-state index in [1.54, 1.807) is 12.3 Å². The maximum Gasteiger partial charge on any atom is 0.136 e. The minimum Gasteiger partial charge on any atom is -0.383 e. The Morgan fingerprint density at radius 1 is 1.18 bits per heavy atom. The fourth-order valence-electron chi connectivity index (χ4n) is 1.65. The molecule has 0 bridgehead atoms. The maximum atomic E-state index is 5.88. The van der Waals surface area contributed by atoms with E-state index in [9.17, 15) is 0 Å². The first-order chi connectivity index (χ1) is 8.25. The van der Waals surface area contributed by atoms with Crippen LogP contribution in [0.25, 0.3) is 21.3 Å². The predicted molar refractivity (Wildman–Crippen MR) is 70.1 cm³/mol. The van der Waals surface area contributed by atoms with Gasteiger partial charge in [-0.3, -0.25) is 0 Å². The largest absolute Gasteiger partial charge is 0.383 e. The number of pyridine rings is 1. The Kier molecular flexibility index (Phi) is 2.42. The van der Waals surface area contributed by atoms with Gasteiger partial charge in [0.25, 0.3) is 0 Å². The smallest absolute Gasteiger partial charge is 0.136 e. The molecule has 0 amide bonds. The number of rotatable bonds is 1. The molecule has 0 aliphatic rings. The van der Waals surface area contributed by atoms with Crippen molar-refractivity contribution in [1.82, 2.24) is 15.0 Å². The van der Waals surface area contributed by atoms with Crippen molar-refractivity contribution >= 4 is 39.0 Å². The van der Waals surface area contributed by atoms with Crippen molar-refractivity contribution in [2.75, 3.05) is 5.73 Å². The van der Waals surface area contributed by atoms with Crippen molar-refractivity contribution in [3.05, 3.63) is 35.2 Å². The lowest BCUT2D eigenvalue weighted by molar-refractivity contribution is 1.24. The van der Waals surface area contributed by atoms with Gasteiger partial charge in [-0.2, -0.15) is 0 Å². The van der Waals surface area contributed by atoms with Crippen molar-refractivity contribution in [2.24, 2.45) is 0 Å². The number of aromatic nitrogens is 3. The standard InChI is InChI=1S/C11H7ClN4S/c12-8-2-1-6(3-14-8)7-4-17-11-9(7)10(13)15-5-16-11/h1-5H,(H2,13,15,16). The zero-order valence-electron chi connectivity index (χ0n) is 8.59. The number of anilines is 1. The van der Waals surface area contributed by atoms with Crippen LogP contribution in [0.4, 0.5) is 5.82 Å². The van der Waals surface area contributed by atoms with Gasteiger partial charge in [-0.1, -0.05) is 11.6 Å². The monoisotopic (exact) mass is 262 g/mol. The maximum absolute atomic E-state index is 5.88. The Morgan fingerprint density at radius 3 is 2.82 bits per heavy atom. The Balaban J connectivity index is 2.27. The quantitative estimate of drug-likeness (QED) is 0.685. The molecule has 6 heteroatoms. The van der Waals surface area contributed by atoms with Gasteiger partial charge in [0.15, 0.2) is 0 Å². The van der Waals surface area contributed by atoms with Crippen molar-refractivity contribution in [1.29, 1.82) is 0 Å². The minimum atomic E-state index is 0.470. The molecular formula is C11H7ClN4S. The van der Waals surface area contributed by atoms with Crippen LogP contribution >= 0.6 is 22.9 Å². The highest BCUT2D eigenvalue weighted by Crippen LogP contribution is 2.35. The van der Waals surface area contributed by atoms with E-state index in [2.05, 4.69) is 15.0 Å². The SMILES string of the molecule is Nc1ncnc2scc(-c3ccc(Cl)nc3)c12. The number of thiophene rings is 1. The van der Waals surface area contributed by atoms with E-state index in [-0.39, 0.29) is 0 Å². The normalized spacial score (nSPS) is 10.9. The Labute approximate surface area is 106 Å². The van der Waals surface area contributed by atoms with Gasteiger partial charge in [0.1, 0.15) is 22.1 Å². The summed E-state index contributed by atoms with van der Waals surface area (Å²) in [5.41, 5.74) is 7.83. The molecule has 3 aromatic heterocycles. The van der Waals surface area contributed by atoms with Gasteiger partial charge >= 0.3 is 0 Å². The van der Waals surface area contributed by atoms with Crippen LogP contribution in [-0.2, 0) is 0 Å². The Hall–Kier alpha value is -1.72. The Morgan fingerprint density at radius 2 is 2.06 bits per heavy atom. The number of hydrogen-bond donors (Lipinski definition) is 1. The highest BCUT2D eigenvalue weighted by atomic mass is 35.5. The van der Waals surface area contributed by atoms with E-state index in [1.807, 2.05) is 11.4 Å². The number of nitrogens with zero attached hydrogens (tertiary/aromatic N) is 3. The van der Waals surface area contributed by atoms with Crippen molar-refractivity contribution in [3.8, 4) is 11.1 Å². The van der Waals surface area contributed by atoms with Gasteiger partial charge in [-0.25, -0.2) is 15.0 Å². The molecule has 0 unspecified atom stereocenters. The van der Waals surface area contributed by atoms with Crippen LogP contribution in [0.2, 0.25) is 5.15 Å². The summed E-state index contributed by atoms with van der Waals surface area (Å²) in [6.07, 6.45) is 3.19. The Bertz CT molecular complexity index is 678. The molecule has 0 spiro atoms. The summed E-state index contributed by atoms with van der Waals surface area (Å²) in [4.78, 5) is 13.1. The summed E-state index contributed by atoms with van der Waals surface area (Å²) in [7, 11) is 0. The van der Waals surface area contributed by atoms with Gasteiger partial charge in [0.2, 0.25) is 0 Å². The topological polar surface area (TPSA) is 64.7 Å². The number of nitrogens with two attached hydrogens (primary N) is 1. The zero-order valence-corrected chi connectivity index (χ0v) is 10.2. The molecular weight excluding hydrogens is 256 g/mol. The third kappa shape index (κ3) is 1.73. The number of fused-ring (bicyclic) bond motifs is 1. The second kappa shape index (κ2) is 3.94. The molecule has 0 saturated heterocycles. The molecule has 0 atom stereocenters. The lowest BCUT2D eigenvalue weighted by Gasteiger charge is -2.00. The van der Waals surface area contributed by atoms with Crippen LogP contribution in [0.1, 0.15) is 0 Å². The first kappa shape index (κ1) is 10.4. The first-order valence-electron chi connectivity index (χ1n) is 4.85. The van der Waals surface area contributed by atoms with E-state index < -0.39 is 0 Å². The van der Waals surface area contributed by atoms with E-state index in [1.165, 1.54) is 17.7 Å². The van der Waals surface area contributed by atoms with E-state index in [4.69, 9.17) is 17.3 Å². The summed E-state index contributed by atoms with van der Waals surface area (Å²) >= 11 is 7.30. The van der Waals surface area contributed by atoms with Crippen LogP contribution in [0.3, 0.4) is 0 Å². The fourth-order valence-corrected chi connectivity index (χ4v) is 2.68. The van der Waals surface area contributed by atoms with Crippen molar-refractivity contribution < 1.29 is 0 Å². The van der Waals surface area contributed by atoms with Crippen LogP contribution in [0.15, 0.2) is 30.0 Å². The number of hydrogen-bond acceptors (Lipinski definition) is 5. The lowest BCUT2D eigenvalue weighted by Crippen LogP contribution is -1.92. The lowest BCUT2D eigenvalue weighted by atomic mass is 10.1. The molecule has 0 aliphatic carbocycles. The molecule has 84 valence electrons. The summed E-state index contributed by atoms with van der Waals surface area (Å²) in [6.45, 7) is 0. The second-order valence-corrected chi connectivity index (χ2v) is 4.70. The fraction of sp³-hybridized carbons (Fsp3) is 0. The summed E-state index contributed by atoms with van der Waals surface area (Å²) in [5.74, 6) is 0.487. The average molecular weight is 263 g/mol. The second-order valence-electron chi connectivity index (χ2n) is 3.46. The van der Waals surface area contributed by atoms with E-state index >= 15 is 0 Å². The van der Waals surface area contributed by atoms with Crippen LogP contribution in [0, 0.1) is 0 Å². The van der Waals surface area contributed by atoms with E-state index in [0.717, 1.165) is 21.3 Å². The summed E-state index contributed by atoms with van der Waals surface area (Å²) in [5, 5.41) is 3.35. The minimum absolute atomic E-state index is 0.470. The molecule has 3 rings (SSSR count). The van der Waals surface area contributed by atoms with Gasteiger partial charge < -0.3 is 5.73 Å². The molecule has 0 fully saturated rings.